The van der Waals surface area contributed by atoms with Gasteiger partial charge in [-0.2, -0.15) is 5.26 Å². The zero-order chi connectivity index (χ0) is 30.9. The fraction of sp³-hybridized carbons (Fsp3) is 0.0714. The van der Waals surface area contributed by atoms with Crippen molar-refractivity contribution < 1.29 is 0 Å². The Bertz CT molecular complexity index is 2300. The number of allylic oxidation sites excluding steroid dienone is 1. The number of aromatic nitrogens is 2. The van der Waals surface area contributed by atoms with Crippen LogP contribution in [0.15, 0.2) is 146 Å². The van der Waals surface area contributed by atoms with Gasteiger partial charge >= 0.3 is 0 Å². The first kappa shape index (κ1) is 27.5. The summed E-state index contributed by atoms with van der Waals surface area (Å²) in [5.41, 5.74) is 10.2. The van der Waals surface area contributed by atoms with E-state index < -0.39 is 0 Å². The summed E-state index contributed by atoms with van der Waals surface area (Å²) in [5, 5.41) is 17.7. The first-order chi connectivity index (χ1) is 22.7. The van der Waals surface area contributed by atoms with Gasteiger partial charge in [-0.1, -0.05) is 84.9 Å². The molecule has 1 unspecified atom stereocenters. The van der Waals surface area contributed by atoms with E-state index in [1.807, 2.05) is 54.9 Å². The molecule has 5 aromatic carbocycles. The highest BCUT2D eigenvalue weighted by Crippen LogP contribution is 2.43. The Morgan fingerprint density at radius 3 is 2.24 bits per heavy atom. The molecule has 0 saturated carbocycles. The van der Waals surface area contributed by atoms with Crippen molar-refractivity contribution in [2.24, 2.45) is 0 Å². The zero-order valence-electron chi connectivity index (χ0n) is 25.2. The molecule has 0 aliphatic carbocycles. The average molecular weight is 591 g/mol. The van der Waals surface area contributed by atoms with Gasteiger partial charge in [0, 0.05) is 6.20 Å². The van der Waals surface area contributed by atoms with Crippen molar-refractivity contribution in [2.75, 3.05) is 0 Å². The number of benzene rings is 5. The Morgan fingerprint density at radius 2 is 1.46 bits per heavy atom. The number of hydrogen-bond acceptors (Lipinski definition) is 4. The molecule has 8 rings (SSSR count). The van der Waals surface area contributed by atoms with E-state index in [0.717, 1.165) is 57.7 Å². The number of fused-ring (bicyclic) bond motifs is 2. The quantitative estimate of drug-likeness (QED) is 0.217. The van der Waals surface area contributed by atoms with Crippen LogP contribution >= 0.6 is 0 Å². The lowest BCUT2D eigenvalue weighted by Crippen LogP contribution is -2.19. The van der Waals surface area contributed by atoms with Crippen LogP contribution in [0, 0.1) is 11.3 Å². The van der Waals surface area contributed by atoms with Crippen molar-refractivity contribution in [3.63, 3.8) is 0 Å². The Balaban J connectivity index is 1.40. The maximum absolute atomic E-state index is 9.42. The Hall–Kier alpha value is -6.05. The monoisotopic (exact) mass is 590 g/mol. The van der Waals surface area contributed by atoms with Crippen LogP contribution < -0.4 is 5.32 Å². The largest absolute Gasteiger partial charge is 0.383 e. The second-order valence-electron chi connectivity index (χ2n) is 11.7. The molecule has 1 N–H and O–H groups in total. The zero-order valence-corrected chi connectivity index (χ0v) is 25.2. The van der Waals surface area contributed by atoms with Gasteiger partial charge in [0.2, 0.25) is 0 Å². The van der Waals surface area contributed by atoms with Crippen LogP contribution in [0.4, 0.5) is 0 Å². The molecule has 0 radical (unpaired) electrons. The number of pyridine rings is 2. The SMILES string of the molecule is N#Cc1ccc(-c2cc(-c3ccc4ccccc4c3-c3cc(-c4ccccn4)nc(C4CCC=CN4)c3)cc3ccccc23)cc1. The second-order valence-corrected chi connectivity index (χ2v) is 11.7. The molecule has 7 aromatic rings. The van der Waals surface area contributed by atoms with Crippen molar-refractivity contribution in [1.82, 2.24) is 15.3 Å². The van der Waals surface area contributed by atoms with Crippen molar-refractivity contribution in [2.45, 2.75) is 18.9 Å². The number of rotatable bonds is 5. The minimum absolute atomic E-state index is 0.120. The number of nitriles is 1. The number of hydrogen-bond donors (Lipinski definition) is 1. The van der Waals surface area contributed by atoms with Crippen LogP contribution in [0.1, 0.15) is 30.1 Å². The maximum atomic E-state index is 9.42. The van der Waals surface area contributed by atoms with Crippen molar-refractivity contribution in [3.05, 3.63) is 157 Å². The van der Waals surface area contributed by atoms with E-state index in [1.54, 1.807) is 0 Å². The van der Waals surface area contributed by atoms with Gasteiger partial charge in [0.05, 0.1) is 34.8 Å². The van der Waals surface area contributed by atoms with Crippen molar-refractivity contribution >= 4 is 21.5 Å². The van der Waals surface area contributed by atoms with E-state index in [9.17, 15) is 5.26 Å². The minimum atomic E-state index is 0.120. The van der Waals surface area contributed by atoms with Crippen molar-refractivity contribution in [3.8, 4) is 50.8 Å². The molecule has 1 aliphatic heterocycles. The molecule has 0 spiro atoms. The summed E-state index contributed by atoms with van der Waals surface area (Å²) in [6.45, 7) is 0. The molecule has 46 heavy (non-hydrogen) atoms. The van der Waals surface area contributed by atoms with Crippen LogP contribution in [0.25, 0.3) is 66.3 Å². The normalized spacial score (nSPS) is 14.2. The van der Waals surface area contributed by atoms with Gasteiger partial charge in [0.15, 0.2) is 0 Å². The molecule has 0 bridgehead atoms. The van der Waals surface area contributed by atoms with Crippen LogP contribution in [0.2, 0.25) is 0 Å². The van der Waals surface area contributed by atoms with Crippen molar-refractivity contribution in [1.29, 1.82) is 5.26 Å². The highest BCUT2D eigenvalue weighted by atomic mass is 14.9. The molecular weight excluding hydrogens is 560 g/mol. The van der Waals surface area contributed by atoms with Gasteiger partial charge in [-0.05, 0) is 122 Å². The Kier molecular flexibility index (Phi) is 7.05. The van der Waals surface area contributed by atoms with Gasteiger partial charge in [-0.25, -0.2) is 4.98 Å². The average Bonchev–Trinajstić information content (AvgIpc) is 3.14. The fourth-order valence-electron chi connectivity index (χ4n) is 6.62. The summed E-state index contributed by atoms with van der Waals surface area (Å²) in [7, 11) is 0. The second kappa shape index (κ2) is 11.8. The van der Waals surface area contributed by atoms with Gasteiger partial charge in [0.1, 0.15) is 0 Å². The predicted octanol–water partition coefficient (Wildman–Crippen LogP) is 10.3. The van der Waals surface area contributed by atoms with Crippen LogP contribution in [-0.4, -0.2) is 9.97 Å². The predicted molar refractivity (Wildman–Crippen MR) is 188 cm³/mol. The number of nitrogens with one attached hydrogen (secondary N) is 1. The van der Waals surface area contributed by atoms with Crippen LogP contribution in [0.3, 0.4) is 0 Å². The summed E-state index contributed by atoms with van der Waals surface area (Å²) in [5.74, 6) is 0. The third kappa shape index (κ3) is 5.08. The Morgan fingerprint density at radius 1 is 0.652 bits per heavy atom. The van der Waals surface area contributed by atoms with E-state index in [1.165, 1.54) is 27.1 Å². The van der Waals surface area contributed by atoms with Gasteiger partial charge < -0.3 is 5.32 Å². The van der Waals surface area contributed by atoms with E-state index in [2.05, 4.69) is 107 Å². The van der Waals surface area contributed by atoms with Crippen LogP contribution in [0.5, 0.6) is 0 Å². The first-order valence-electron chi connectivity index (χ1n) is 15.7. The van der Waals surface area contributed by atoms with Gasteiger partial charge in [0.25, 0.3) is 0 Å². The topological polar surface area (TPSA) is 61.6 Å². The van der Waals surface area contributed by atoms with Gasteiger partial charge in [-0.3, -0.25) is 4.98 Å². The molecular formula is C42H30N4. The molecule has 2 aromatic heterocycles. The summed E-state index contributed by atoms with van der Waals surface area (Å²) in [6.07, 6.45) is 8.04. The van der Waals surface area contributed by atoms with Crippen LogP contribution in [-0.2, 0) is 0 Å². The van der Waals surface area contributed by atoms with E-state index in [4.69, 9.17) is 4.98 Å². The summed E-state index contributed by atoms with van der Waals surface area (Å²) < 4.78 is 0. The standard InChI is InChI=1S/C42H30N4/c43-27-28-15-17-30(18-16-28)37-24-32(23-31-10-2-3-11-34(31)37)36-20-19-29-9-1-4-12-35(29)42(36)33-25-40(38-13-5-7-21-44-38)46-41(26-33)39-14-6-8-22-45-39/h1-5,7-13,15-26,39,45H,6,14H2. The lowest BCUT2D eigenvalue weighted by atomic mass is 9.86. The summed E-state index contributed by atoms with van der Waals surface area (Å²) in [4.78, 5) is 9.85. The molecule has 3 heterocycles. The summed E-state index contributed by atoms with van der Waals surface area (Å²) >= 11 is 0. The van der Waals surface area contributed by atoms with E-state index >= 15 is 0 Å². The molecule has 4 nitrogen and oxygen atoms in total. The fourth-order valence-corrected chi connectivity index (χ4v) is 6.62. The summed E-state index contributed by atoms with van der Waals surface area (Å²) in [6, 6.07) is 46.9. The number of nitrogens with zero attached hydrogens (tertiary/aromatic N) is 3. The smallest absolute Gasteiger partial charge is 0.0991 e. The molecule has 218 valence electrons. The molecule has 0 fully saturated rings. The minimum Gasteiger partial charge on any atom is -0.383 e. The van der Waals surface area contributed by atoms with E-state index in [0.29, 0.717) is 5.56 Å². The highest BCUT2D eigenvalue weighted by Gasteiger charge is 2.20. The molecule has 1 atom stereocenters. The Labute approximate surface area is 268 Å². The van der Waals surface area contributed by atoms with Gasteiger partial charge in [-0.15, -0.1) is 0 Å². The molecule has 1 aliphatic rings. The third-order valence-electron chi connectivity index (χ3n) is 8.88. The lowest BCUT2D eigenvalue weighted by molar-refractivity contribution is 0.540. The molecule has 0 saturated heterocycles. The van der Waals surface area contributed by atoms with E-state index in [-0.39, 0.29) is 6.04 Å². The first-order valence-corrected chi connectivity index (χ1v) is 15.7. The lowest BCUT2D eigenvalue weighted by Gasteiger charge is -2.22. The third-order valence-corrected chi connectivity index (χ3v) is 8.88. The molecule has 0 amide bonds. The maximum Gasteiger partial charge on any atom is 0.0991 e. The molecule has 4 heteroatoms. The highest BCUT2D eigenvalue weighted by molar-refractivity contribution is 6.07.